The number of hydrogen-bond donors (Lipinski definition) is 5. The van der Waals surface area contributed by atoms with Gasteiger partial charge in [-0.2, -0.15) is 82.8 Å². The molecule has 6 aromatic heterocycles. The number of aromatic amines is 3. The second kappa shape index (κ2) is 50.3. The molecule has 5 N–H and O–H groups in total. The van der Waals surface area contributed by atoms with Gasteiger partial charge < -0.3 is 124 Å². The number of carbonyl (C=O) groups excluding carboxylic acids is 3. The van der Waals surface area contributed by atoms with E-state index in [9.17, 15) is 38.4 Å². The predicted molar refractivity (Wildman–Crippen MR) is 519 cm³/mol. The van der Waals surface area contributed by atoms with Crippen molar-refractivity contribution >= 4 is 167 Å². The molecular weight excluding hydrogens is 2030 g/mol. The highest BCUT2D eigenvalue weighted by Gasteiger charge is 2.56. The van der Waals surface area contributed by atoms with Gasteiger partial charge in [-0.3, -0.25) is 67.3 Å². The molecule has 12 heterocycles. The first kappa shape index (κ1) is 111. The van der Waals surface area contributed by atoms with Crippen molar-refractivity contribution in [2.75, 3.05) is 132 Å². The molecule has 6 unspecified atom stereocenters. The Bertz CT molecular complexity index is 6020. The average molecular weight is 2140 g/mol. The molecule has 0 spiro atoms. The van der Waals surface area contributed by atoms with Crippen LogP contribution in [0.15, 0.2) is 76.7 Å². The number of imidazole rings is 2. The lowest BCUT2D eigenvalue weighted by molar-refractivity contribution is -0.134. The first-order valence-electron chi connectivity index (χ1n) is 43.5. The van der Waals surface area contributed by atoms with Crippen molar-refractivity contribution in [3.8, 4) is 0 Å². The van der Waals surface area contributed by atoms with Gasteiger partial charge in [-0.05, 0) is 52.0 Å². The van der Waals surface area contributed by atoms with E-state index in [1.165, 1.54) is 84.3 Å². The third-order valence-corrected chi connectivity index (χ3v) is 33.5. The summed E-state index contributed by atoms with van der Waals surface area (Å²) >= 11 is 31.1. The summed E-state index contributed by atoms with van der Waals surface area (Å²) in [6, 6.07) is 1.46. The van der Waals surface area contributed by atoms with E-state index in [4.69, 9.17) is 186 Å². The summed E-state index contributed by atoms with van der Waals surface area (Å²) < 4.78 is 137. The number of nitrogens with one attached hydrogen (secondary N) is 5. The Kier molecular flexibility index (Phi) is 39.8. The second-order valence-corrected chi connectivity index (χ2v) is 47.9. The Morgan fingerprint density at radius 1 is 0.529 bits per heavy atom. The quantitative estimate of drug-likeness (QED) is 0.00471. The number of fused-ring (bicyclic) bond motifs is 2. The van der Waals surface area contributed by atoms with E-state index in [1.54, 1.807) is 51.8 Å². The molecule has 0 aromatic carbocycles. The number of aromatic nitrogens is 12. The molecule has 5 saturated heterocycles. The van der Waals surface area contributed by atoms with Crippen molar-refractivity contribution < 1.29 is 106 Å². The Hall–Kier alpha value is -7.90. The van der Waals surface area contributed by atoms with Gasteiger partial charge in [0, 0.05) is 84.3 Å². The van der Waals surface area contributed by atoms with Gasteiger partial charge in [-0.25, -0.2) is 62.4 Å². The van der Waals surface area contributed by atoms with Gasteiger partial charge in [-0.15, -0.1) is 0 Å². The fourth-order valence-corrected chi connectivity index (χ4v) is 25.8. The maximum atomic E-state index is 14.0. The maximum Gasteiger partial charge on any atom is 0.351 e. The lowest BCUT2D eigenvalue weighted by Gasteiger charge is -2.34. The van der Waals surface area contributed by atoms with Crippen molar-refractivity contribution in [1.82, 2.24) is 73.3 Å². The average Bonchev–Trinajstić information content (AvgIpc) is 1.63. The lowest BCUT2D eigenvalue weighted by atomic mass is 9.89. The van der Waals surface area contributed by atoms with Crippen LogP contribution in [0.25, 0.3) is 46.6 Å². The maximum absolute atomic E-state index is 14.0. The third-order valence-electron chi connectivity index (χ3n) is 21.5. The predicted octanol–water partition coefficient (Wildman–Crippen LogP) is 7.42. The molecule has 140 heavy (non-hydrogen) atoms. The highest BCUT2D eigenvalue weighted by molar-refractivity contribution is 8.37. The molecule has 61 heteroatoms. The molecule has 758 valence electrons. The molecule has 6 aromatic rings. The van der Waals surface area contributed by atoms with Crippen molar-refractivity contribution in [2.45, 2.75) is 173 Å². The van der Waals surface area contributed by atoms with Gasteiger partial charge in [0.2, 0.25) is 56.4 Å². The summed E-state index contributed by atoms with van der Waals surface area (Å²) in [6.07, 6.45) is -8.31. The SMILES string of the molecule is [C-]#[N+]CCO[P+]([S-])(OC[C@H]1O[C@@H](n2cnc3c(=O)[nH]c(/N=C/N(C)C)nc32)C[C@H]1O[P+]([S-])(OCC[N+]#[C-])OC[C@H]1O[C@@H](n2cc(C)c(=O)[nH]c2=O)C[C@H]1O[P+]([S-])(OCC[N+]#[C-])OC[C@H]1O[C@@H](n2cnc3c(=O)[nH]c(/N=C/N(C)C)nc32)C[C@H]1O[P+]([S-])(OCC[N+]#[C-])OC[C@H]1O[C@@H](C2C=C(C)C(=O)NC2=O)C[C@H]1O[P+]([S-])(OCC[N+]#[C-])OC[C@H]1O[C@@H](n2ccc(NC(C)=O)nc2=O)C[C@H]1C(C)C)OC(C)C. The minimum atomic E-state index is -4.46. The summed E-state index contributed by atoms with van der Waals surface area (Å²) in [5.41, 5.74) is -3.53. The number of aryl methyl sites for hydroxylation is 1. The van der Waals surface area contributed by atoms with Crippen LogP contribution in [0.2, 0.25) is 0 Å². The number of anilines is 1. The number of rotatable bonds is 51. The molecule has 0 saturated carbocycles. The number of ether oxygens (including phenoxy) is 5. The molecule has 51 nitrogen and oxygen atoms in total. The Labute approximate surface area is 831 Å². The van der Waals surface area contributed by atoms with E-state index in [-0.39, 0.29) is 148 Å². The van der Waals surface area contributed by atoms with Gasteiger partial charge in [0.15, 0.2) is 55.4 Å². The van der Waals surface area contributed by atoms with Gasteiger partial charge in [0.25, 0.3) is 58.3 Å². The molecule has 0 radical (unpaired) electrons. The Morgan fingerprint density at radius 3 is 1.33 bits per heavy atom. The number of imide groups is 1. The van der Waals surface area contributed by atoms with Crippen molar-refractivity contribution in [3.63, 3.8) is 0 Å². The Morgan fingerprint density at radius 2 is 0.921 bits per heavy atom. The molecule has 21 atom stereocenters. The summed E-state index contributed by atoms with van der Waals surface area (Å²) in [5, 5.41) is 4.86. The number of carbonyl (C=O) groups is 3. The number of nitrogens with zero attached hydrogens (tertiary/aromatic N) is 18. The van der Waals surface area contributed by atoms with Crippen LogP contribution in [-0.4, -0.2) is 292 Å². The van der Waals surface area contributed by atoms with E-state index in [0.29, 0.717) is 6.42 Å². The van der Waals surface area contributed by atoms with Crippen LogP contribution in [0, 0.1) is 57.5 Å². The van der Waals surface area contributed by atoms with Crippen LogP contribution < -0.4 is 38.7 Å². The van der Waals surface area contributed by atoms with Crippen LogP contribution in [0.5, 0.6) is 0 Å². The van der Waals surface area contributed by atoms with Crippen molar-refractivity contribution in [1.29, 1.82) is 0 Å². The zero-order chi connectivity index (χ0) is 101. The number of hydrogen-bond acceptors (Lipinski definition) is 40. The normalized spacial score (nSPS) is 25.9. The van der Waals surface area contributed by atoms with Crippen LogP contribution in [0.1, 0.15) is 104 Å². The molecule has 3 amide bonds. The van der Waals surface area contributed by atoms with Crippen molar-refractivity contribution in [2.24, 2.45) is 27.7 Å². The van der Waals surface area contributed by atoms with Gasteiger partial charge in [0.1, 0.15) is 119 Å². The smallest absolute Gasteiger partial charge is 0.351 e. The lowest BCUT2D eigenvalue weighted by Crippen LogP contribution is -2.44. The standard InChI is InChI=1S/C79H104N23O28P5S5/c1-45(2)50-30-63(99-23-17-62(89-49(7)103)90-78(99)109)122-57(50)36-116-132(137,112-25-19-81-9)127-53-31-52(51-29-47(5)71(104)93-73(51)106)121-58(53)37-118-133(138,113-26-20-82-10)129-56-34-66(102-44-86-68-70(102)92-77(95-75(68)108)88-42-98(15)16)125-61(56)40-120-134(139,114-27-21-83-11)128-54-32-64(100-35-48(6)72(105)96-79(100)110)123-59(54)39-119-135(140,115-28-22-84-12)130-55-33-65(124-60(55)38-117-131(136,126-46(3)4)111-24-18-80-8)101-43-85-67-69(101)91-76(94-74(67)107)87-41-97(13)14/h17,23,29,35,41-46,50-61,63-66H,18-22,24-28,30-34,36-40H2,1-7,13-16H3,(H,91,94,107)(H,92,95,108)(H,93,104,106)(H,96,105,110)(H,89,90,103,109)/b87-41+,88-42+/t50-,51?,52+,53+,54+,55+,56+,57+,58+,59+,60+,61+,63+,64+,65+,66+,131?,132?,133?,134?,135?/m0/s1. The molecule has 12 rings (SSSR count). The minimum absolute atomic E-state index is 0.0242. The summed E-state index contributed by atoms with van der Waals surface area (Å²) in [5.74, 6) is -3.42. The minimum Gasteiger partial charge on any atom is -0.459 e. The van der Waals surface area contributed by atoms with Crippen LogP contribution in [0.3, 0.4) is 0 Å². The van der Waals surface area contributed by atoms with E-state index in [2.05, 4.69) is 84.7 Å². The van der Waals surface area contributed by atoms with Gasteiger partial charge in [-0.1, -0.05) is 19.9 Å². The second-order valence-electron chi connectivity index (χ2n) is 33.0. The van der Waals surface area contributed by atoms with Gasteiger partial charge in [0.05, 0.1) is 43.5 Å². The first-order valence-corrected chi connectivity index (χ1v) is 56.3. The summed E-state index contributed by atoms with van der Waals surface area (Å²) in [6.45, 7) is 44.6. The monoisotopic (exact) mass is 2140 g/mol. The highest BCUT2D eigenvalue weighted by Crippen LogP contribution is 2.69. The molecule has 5 fully saturated rings. The number of aliphatic imine (C=N–C) groups is 2. The topological polar surface area (TPSA) is 530 Å². The van der Waals surface area contributed by atoms with E-state index >= 15 is 0 Å². The number of amides is 3. The molecular formula is C79H104N23O28P5S5. The fraction of sp³-hybridized carbons (Fsp3) is 0.620. The van der Waals surface area contributed by atoms with E-state index in [0.717, 1.165) is 4.57 Å². The first-order chi connectivity index (χ1) is 66.6. The largest absolute Gasteiger partial charge is 0.459 e. The highest BCUT2D eigenvalue weighted by atomic mass is 32.7. The molecule has 6 aliphatic heterocycles. The van der Waals surface area contributed by atoms with Crippen LogP contribution in [0.4, 0.5) is 17.7 Å². The van der Waals surface area contributed by atoms with Crippen LogP contribution >= 0.6 is 35.7 Å². The zero-order valence-corrected chi connectivity index (χ0v) is 86.0. The molecule has 6 aliphatic rings. The fourth-order valence-electron chi connectivity index (χ4n) is 15.0. The zero-order valence-electron chi connectivity index (χ0n) is 77.4. The molecule has 0 aliphatic carbocycles. The Balaban J connectivity index is 0.863. The molecule has 0 bridgehead atoms. The van der Waals surface area contributed by atoms with E-state index in [1.807, 2.05) is 13.8 Å². The summed E-state index contributed by atoms with van der Waals surface area (Å²) in [4.78, 5) is 165. The van der Waals surface area contributed by atoms with Gasteiger partial charge >= 0.3 is 11.4 Å². The van der Waals surface area contributed by atoms with E-state index < -0.39 is 219 Å². The third kappa shape index (κ3) is 29.7. The van der Waals surface area contributed by atoms with Crippen molar-refractivity contribution in [3.05, 3.63) is 157 Å². The van der Waals surface area contributed by atoms with Crippen LogP contribution in [-0.2, 0) is 167 Å². The number of H-pyrrole nitrogens is 3. The summed E-state index contributed by atoms with van der Waals surface area (Å²) in [7, 11) is -14.1.